The quantitative estimate of drug-likeness (QED) is 0.808. The van der Waals surface area contributed by atoms with Gasteiger partial charge >= 0.3 is 0 Å². The van der Waals surface area contributed by atoms with Crippen LogP contribution < -0.4 is 5.32 Å². The zero-order chi connectivity index (χ0) is 21.2. The van der Waals surface area contributed by atoms with Crippen LogP contribution in [0.5, 0.6) is 0 Å². The molecule has 0 aliphatic carbocycles. The van der Waals surface area contributed by atoms with Crippen molar-refractivity contribution in [3.63, 3.8) is 0 Å². The van der Waals surface area contributed by atoms with E-state index in [1.165, 1.54) is 16.4 Å². The molecule has 1 atom stereocenters. The third-order valence-electron chi connectivity index (χ3n) is 5.69. The summed E-state index contributed by atoms with van der Waals surface area (Å²) >= 11 is 0. The van der Waals surface area contributed by atoms with Crippen molar-refractivity contribution in [1.29, 1.82) is 0 Å². The summed E-state index contributed by atoms with van der Waals surface area (Å²) in [5.74, 6) is -0.520. The molecule has 2 aromatic rings. The first-order chi connectivity index (χ1) is 13.6. The number of carbonyl (C=O) groups is 1. The van der Waals surface area contributed by atoms with Crippen LogP contribution in [0.2, 0.25) is 0 Å². The Hall–Kier alpha value is -2.25. The lowest BCUT2D eigenvalue weighted by atomic mass is 9.82. The fourth-order valence-corrected chi connectivity index (χ4v) is 5.29. The summed E-state index contributed by atoms with van der Waals surface area (Å²) in [6, 6.07) is 11.1. The van der Waals surface area contributed by atoms with Gasteiger partial charge in [0.25, 0.3) is 0 Å². The molecule has 0 saturated carbocycles. The van der Waals surface area contributed by atoms with Crippen LogP contribution in [-0.2, 0) is 21.4 Å². The van der Waals surface area contributed by atoms with E-state index in [2.05, 4.69) is 5.32 Å². The maximum Gasteiger partial charge on any atom is 0.243 e. The minimum Gasteiger partial charge on any atom is -0.352 e. The summed E-state index contributed by atoms with van der Waals surface area (Å²) in [7, 11) is -3.67. The monoisotopic (exact) mass is 418 g/mol. The summed E-state index contributed by atoms with van der Waals surface area (Å²) in [5, 5.41) is 2.87. The highest BCUT2D eigenvalue weighted by Gasteiger charge is 2.41. The molecular formula is C22H27FN2O3S. The van der Waals surface area contributed by atoms with E-state index < -0.39 is 15.4 Å². The largest absolute Gasteiger partial charge is 0.352 e. The summed E-state index contributed by atoms with van der Waals surface area (Å²) in [6.07, 6.45) is 1.23. The highest BCUT2D eigenvalue weighted by atomic mass is 32.2. The first kappa shape index (κ1) is 21.5. The van der Waals surface area contributed by atoms with Gasteiger partial charge in [-0.05, 0) is 74.6 Å². The summed E-state index contributed by atoms with van der Waals surface area (Å²) < 4.78 is 40.7. The Bertz CT molecular complexity index is 1010. The van der Waals surface area contributed by atoms with E-state index in [1.54, 1.807) is 37.3 Å². The fourth-order valence-electron chi connectivity index (χ4n) is 3.60. The molecule has 0 unspecified atom stereocenters. The summed E-state index contributed by atoms with van der Waals surface area (Å²) in [4.78, 5) is 13.1. The second kappa shape index (κ2) is 8.24. The molecule has 2 aromatic carbocycles. The van der Waals surface area contributed by atoms with E-state index in [1.807, 2.05) is 13.8 Å². The highest BCUT2D eigenvalue weighted by Crippen LogP contribution is 2.33. The number of halogens is 1. The second-order valence-corrected chi connectivity index (χ2v) is 10.00. The topological polar surface area (TPSA) is 66.5 Å². The second-order valence-electron chi connectivity index (χ2n) is 8.06. The predicted molar refractivity (Wildman–Crippen MR) is 110 cm³/mol. The van der Waals surface area contributed by atoms with Crippen molar-refractivity contribution < 1.29 is 17.6 Å². The molecule has 0 spiro atoms. The van der Waals surface area contributed by atoms with Crippen molar-refractivity contribution in [1.82, 2.24) is 9.62 Å². The van der Waals surface area contributed by atoms with Crippen molar-refractivity contribution in [2.45, 2.75) is 45.1 Å². The van der Waals surface area contributed by atoms with Gasteiger partial charge in [0.1, 0.15) is 5.82 Å². The van der Waals surface area contributed by atoms with Gasteiger partial charge in [0.2, 0.25) is 15.9 Å². The van der Waals surface area contributed by atoms with Crippen LogP contribution in [0, 0.1) is 25.1 Å². The van der Waals surface area contributed by atoms with Gasteiger partial charge in [0.05, 0.1) is 10.3 Å². The van der Waals surface area contributed by atoms with Crippen LogP contribution in [0.3, 0.4) is 0 Å². The number of hydrogen-bond donors (Lipinski definition) is 1. The molecule has 0 aromatic heterocycles. The fraction of sp³-hybridized carbons (Fsp3) is 0.409. The van der Waals surface area contributed by atoms with Crippen molar-refractivity contribution >= 4 is 15.9 Å². The third kappa shape index (κ3) is 4.67. The Morgan fingerprint density at radius 2 is 1.83 bits per heavy atom. The molecular weight excluding hydrogens is 391 g/mol. The lowest BCUT2D eigenvalue weighted by Gasteiger charge is -2.38. The van der Waals surface area contributed by atoms with Crippen molar-refractivity contribution in [3.8, 4) is 0 Å². The van der Waals surface area contributed by atoms with Crippen molar-refractivity contribution in [2.75, 3.05) is 13.1 Å². The summed E-state index contributed by atoms with van der Waals surface area (Å²) in [6.45, 7) is 6.44. The van der Waals surface area contributed by atoms with Crippen LogP contribution in [0.15, 0.2) is 47.4 Å². The number of piperidine rings is 1. The third-order valence-corrected chi connectivity index (χ3v) is 7.53. The first-order valence-electron chi connectivity index (χ1n) is 9.72. The standard InChI is InChI=1S/C22H27FN2O3S/c1-16-5-10-20(13-17(16)2)29(27,28)25-12-4-11-22(3,15-25)21(26)24-14-18-6-8-19(23)9-7-18/h5-10,13H,4,11-12,14-15H2,1-3H3,(H,24,26)/t22-/m0/s1. The number of benzene rings is 2. The molecule has 1 N–H and O–H groups in total. The van der Waals surface area contributed by atoms with E-state index in [-0.39, 0.29) is 29.7 Å². The Labute approximate surface area is 172 Å². The number of rotatable bonds is 5. The van der Waals surface area contributed by atoms with Crippen LogP contribution in [0.1, 0.15) is 36.5 Å². The van der Waals surface area contributed by atoms with Crippen LogP contribution in [0.25, 0.3) is 0 Å². The van der Waals surface area contributed by atoms with Gasteiger partial charge < -0.3 is 5.32 Å². The lowest BCUT2D eigenvalue weighted by Crippen LogP contribution is -2.51. The molecule has 29 heavy (non-hydrogen) atoms. The Kier molecular flexibility index (Phi) is 6.10. The van der Waals surface area contributed by atoms with Gasteiger partial charge in [-0.3, -0.25) is 4.79 Å². The van der Waals surface area contributed by atoms with Gasteiger partial charge in [-0.15, -0.1) is 0 Å². The molecule has 1 amide bonds. The molecule has 5 nitrogen and oxygen atoms in total. The molecule has 3 rings (SSSR count). The number of amides is 1. The van der Waals surface area contributed by atoms with Gasteiger partial charge in [0.15, 0.2) is 0 Å². The molecule has 156 valence electrons. The lowest BCUT2D eigenvalue weighted by molar-refractivity contribution is -0.132. The van der Waals surface area contributed by atoms with Gasteiger partial charge in [0, 0.05) is 19.6 Å². The van der Waals surface area contributed by atoms with Gasteiger partial charge in [-0.1, -0.05) is 18.2 Å². The number of carbonyl (C=O) groups excluding carboxylic acids is 1. The summed E-state index contributed by atoms with van der Waals surface area (Å²) in [5.41, 5.74) is 1.93. The Morgan fingerprint density at radius 1 is 1.14 bits per heavy atom. The molecule has 1 fully saturated rings. The van der Waals surface area contributed by atoms with E-state index in [9.17, 15) is 17.6 Å². The van der Waals surface area contributed by atoms with E-state index in [0.29, 0.717) is 19.4 Å². The molecule has 7 heteroatoms. The maximum atomic E-state index is 13.1. The zero-order valence-electron chi connectivity index (χ0n) is 17.0. The van der Waals surface area contributed by atoms with E-state index in [0.717, 1.165) is 16.7 Å². The normalized spacial score (nSPS) is 20.4. The Balaban J connectivity index is 1.73. The van der Waals surface area contributed by atoms with Crippen LogP contribution in [-0.4, -0.2) is 31.7 Å². The molecule has 1 saturated heterocycles. The highest BCUT2D eigenvalue weighted by molar-refractivity contribution is 7.89. The van der Waals surface area contributed by atoms with Crippen LogP contribution >= 0.6 is 0 Å². The Morgan fingerprint density at radius 3 is 2.48 bits per heavy atom. The van der Waals surface area contributed by atoms with Crippen LogP contribution in [0.4, 0.5) is 4.39 Å². The van der Waals surface area contributed by atoms with E-state index in [4.69, 9.17) is 0 Å². The number of nitrogens with zero attached hydrogens (tertiary/aromatic N) is 1. The SMILES string of the molecule is Cc1ccc(S(=O)(=O)N2CCC[C@](C)(C(=O)NCc3ccc(F)cc3)C2)cc1C. The number of nitrogens with one attached hydrogen (secondary N) is 1. The molecule has 1 aliphatic heterocycles. The molecule has 1 aliphatic rings. The number of sulfonamides is 1. The van der Waals surface area contributed by atoms with E-state index >= 15 is 0 Å². The first-order valence-corrected chi connectivity index (χ1v) is 11.2. The van der Waals surface area contributed by atoms with Gasteiger partial charge in [-0.25, -0.2) is 12.8 Å². The molecule has 0 radical (unpaired) electrons. The maximum absolute atomic E-state index is 13.1. The average Bonchev–Trinajstić information content (AvgIpc) is 2.69. The van der Waals surface area contributed by atoms with Crippen molar-refractivity contribution in [3.05, 3.63) is 65.0 Å². The van der Waals surface area contributed by atoms with Crippen molar-refractivity contribution in [2.24, 2.45) is 5.41 Å². The molecule has 0 bridgehead atoms. The zero-order valence-corrected chi connectivity index (χ0v) is 17.9. The average molecular weight is 419 g/mol. The number of aryl methyl sites for hydroxylation is 2. The van der Waals surface area contributed by atoms with Gasteiger partial charge in [-0.2, -0.15) is 4.31 Å². The minimum absolute atomic E-state index is 0.136. The smallest absolute Gasteiger partial charge is 0.243 e. The minimum atomic E-state index is -3.67. The molecule has 1 heterocycles. The predicted octanol–water partition coefficient (Wildman–Crippen LogP) is 3.55. The number of hydrogen-bond acceptors (Lipinski definition) is 3.